The number of likely N-dealkylation sites (N-methyl/N-ethyl adjacent to an activating group) is 1. The molecule has 0 bridgehead atoms. The Morgan fingerprint density at radius 2 is 2.15 bits per heavy atom. The van der Waals surface area contributed by atoms with E-state index in [1.807, 2.05) is 38.4 Å². The molecule has 2 aromatic rings. The molecule has 1 aliphatic rings. The first-order chi connectivity index (χ1) is 13.0. The average molecular weight is 436 g/mol. The Bertz CT molecular complexity index is 756. The minimum atomic E-state index is 0.100. The van der Waals surface area contributed by atoms with Crippen LogP contribution in [0.5, 0.6) is 0 Å². The Hall–Kier alpha value is -1.77. The van der Waals surface area contributed by atoms with E-state index < -0.39 is 0 Å². The van der Waals surface area contributed by atoms with Gasteiger partial charge < -0.3 is 14.7 Å². The van der Waals surface area contributed by atoms with Crippen molar-refractivity contribution in [2.24, 2.45) is 5.92 Å². The molecule has 1 fully saturated rings. The largest absolute Gasteiger partial charge is 0.355 e. The van der Waals surface area contributed by atoms with Gasteiger partial charge in [-0.25, -0.2) is 0 Å². The van der Waals surface area contributed by atoms with Gasteiger partial charge in [0.1, 0.15) is 0 Å². The highest BCUT2D eigenvalue weighted by Crippen LogP contribution is 2.22. The van der Waals surface area contributed by atoms with Gasteiger partial charge in [-0.1, -0.05) is 33.2 Å². The highest BCUT2D eigenvalue weighted by atomic mass is 79.9. The van der Waals surface area contributed by atoms with E-state index >= 15 is 0 Å². The van der Waals surface area contributed by atoms with Gasteiger partial charge in [-0.2, -0.15) is 4.98 Å². The van der Waals surface area contributed by atoms with Crippen LogP contribution in [0.4, 0.5) is 0 Å². The molecule has 1 aromatic carbocycles. The molecule has 3 rings (SSSR count). The molecule has 0 unspecified atom stereocenters. The number of piperidine rings is 1. The Balaban J connectivity index is 1.46. The summed E-state index contributed by atoms with van der Waals surface area (Å²) in [7, 11) is 4.01. The van der Waals surface area contributed by atoms with Gasteiger partial charge >= 0.3 is 0 Å². The molecule has 0 saturated carbocycles. The van der Waals surface area contributed by atoms with Crippen molar-refractivity contribution in [3.05, 3.63) is 34.6 Å². The fraction of sp³-hybridized carbons (Fsp3) is 0.526. The van der Waals surface area contributed by atoms with Crippen molar-refractivity contribution in [1.82, 2.24) is 25.3 Å². The van der Waals surface area contributed by atoms with E-state index in [-0.39, 0.29) is 11.8 Å². The van der Waals surface area contributed by atoms with E-state index in [4.69, 9.17) is 4.52 Å². The second-order valence-electron chi connectivity index (χ2n) is 7.17. The summed E-state index contributed by atoms with van der Waals surface area (Å²) in [5.41, 5.74) is 0.924. The molecule has 2 heterocycles. The SMILES string of the molecule is CN(C)CCNC(=O)C1CCN(Cc2nc(-c3cccc(Br)c3)no2)CC1. The topological polar surface area (TPSA) is 74.5 Å². The zero-order valence-electron chi connectivity index (χ0n) is 15.8. The maximum absolute atomic E-state index is 12.2. The van der Waals surface area contributed by atoms with Crippen LogP contribution >= 0.6 is 15.9 Å². The van der Waals surface area contributed by atoms with Crippen LogP contribution < -0.4 is 5.32 Å². The average Bonchev–Trinajstić information content (AvgIpc) is 3.10. The second kappa shape index (κ2) is 9.43. The fourth-order valence-corrected chi connectivity index (χ4v) is 3.55. The quantitative estimate of drug-likeness (QED) is 0.719. The number of rotatable bonds is 7. The number of halogens is 1. The highest BCUT2D eigenvalue weighted by molar-refractivity contribution is 9.10. The van der Waals surface area contributed by atoms with Gasteiger partial charge in [0, 0.05) is 29.0 Å². The maximum atomic E-state index is 12.2. The molecule has 0 spiro atoms. The Morgan fingerprint density at radius 1 is 1.37 bits per heavy atom. The summed E-state index contributed by atoms with van der Waals surface area (Å²) in [5.74, 6) is 1.48. The molecular weight excluding hydrogens is 410 g/mol. The number of nitrogens with zero attached hydrogens (tertiary/aromatic N) is 4. The molecule has 1 aromatic heterocycles. The molecule has 0 atom stereocenters. The minimum Gasteiger partial charge on any atom is -0.355 e. The minimum absolute atomic E-state index is 0.100. The number of likely N-dealkylation sites (tertiary alicyclic amines) is 1. The Labute approximate surface area is 168 Å². The number of nitrogens with one attached hydrogen (secondary N) is 1. The number of hydrogen-bond donors (Lipinski definition) is 1. The van der Waals surface area contributed by atoms with E-state index in [9.17, 15) is 4.79 Å². The van der Waals surface area contributed by atoms with Crippen molar-refractivity contribution >= 4 is 21.8 Å². The van der Waals surface area contributed by atoms with Crippen molar-refractivity contribution in [1.29, 1.82) is 0 Å². The van der Waals surface area contributed by atoms with Gasteiger partial charge in [0.15, 0.2) is 0 Å². The molecule has 8 heteroatoms. The van der Waals surface area contributed by atoms with Crippen LogP contribution in [0.2, 0.25) is 0 Å². The predicted molar refractivity (Wildman–Crippen MR) is 107 cm³/mol. The number of carbonyl (C=O) groups is 1. The number of benzene rings is 1. The van der Waals surface area contributed by atoms with Crippen LogP contribution in [0.3, 0.4) is 0 Å². The molecule has 1 aliphatic heterocycles. The summed E-state index contributed by atoms with van der Waals surface area (Å²) in [6.07, 6.45) is 1.72. The van der Waals surface area contributed by atoms with Gasteiger partial charge in [-0.05, 0) is 52.2 Å². The molecule has 1 saturated heterocycles. The van der Waals surface area contributed by atoms with Crippen molar-refractivity contribution < 1.29 is 9.32 Å². The van der Waals surface area contributed by atoms with Gasteiger partial charge in [0.25, 0.3) is 0 Å². The summed E-state index contributed by atoms with van der Waals surface area (Å²) in [5, 5.41) is 7.11. The molecule has 146 valence electrons. The van der Waals surface area contributed by atoms with Crippen molar-refractivity contribution in [2.45, 2.75) is 19.4 Å². The third kappa shape index (κ3) is 5.85. The smallest absolute Gasteiger partial charge is 0.241 e. The zero-order valence-corrected chi connectivity index (χ0v) is 17.4. The maximum Gasteiger partial charge on any atom is 0.241 e. The summed E-state index contributed by atoms with van der Waals surface area (Å²) in [6.45, 7) is 3.91. The summed E-state index contributed by atoms with van der Waals surface area (Å²) < 4.78 is 6.39. The molecule has 7 nitrogen and oxygen atoms in total. The van der Waals surface area contributed by atoms with Crippen LogP contribution in [-0.4, -0.2) is 66.1 Å². The monoisotopic (exact) mass is 435 g/mol. The van der Waals surface area contributed by atoms with Gasteiger partial charge in [0.2, 0.25) is 17.6 Å². The van der Waals surface area contributed by atoms with Gasteiger partial charge in [-0.3, -0.25) is 9.69 Å². The first-order valence-electron chi connectivity index (χ1n) is 9.24. The van der Waals surface area contributed by atoms with E-state index in [0.717, 1.165) is 42.5 Å². The number of hydrogen-bond acceptors (Lipinski definition) is 6. The van der Waals surface area contributed by atoms with E-state index in [0.29, 0.717) is 24.8 Å². The molecule has 1 N–H and O–H groups in total. The third-order valence-electron chi connectivity index (χ3n) is 4.73. The Kier molecular flexibility index (Phi) is 6.98. The van der Waals surface area contributed by atoms with Gasteiger partial charge in [0.05, 0.1) is 6.54 Å². The third-order valence-corrected chi connectivity index (χ3v) is 5.22. The normalized spacial score (nSPS) is 16.0. The lowest BCUT2D eigenvalue weighted by Crippen LogP contribution is -2.41. The summed E-state index contributed by atoms with van der Waals surface area (Å²) in [4.78, 5) is 21.1. The molecule has 1 amide bonds. The van der Waals surface area contributed by atoms with Crippen molar-refractivity contribution in [3.8, 4) is 11.4 Å². The number of amides is 1. The molecular formula is C19H26BrN5O2. The molecule has 0 aliphatic carbocycles. The lowest BCUT2D eigenvalue weighted by atomic mass is 9.96. The van der Waals surface area contributed by atoms with Crippen molar-refractivity contribution in [3.63, 3.8) is 0 Å². The van der Waals surface area contributed by atoms with Crippen LogP contribution in [0.15, 0.2) is 33.3 Å². The van der Waals surface area contributed by atoms with Crippen molar-refractivity contribution in [2.75, 3.05) is 40.3 Å². The highest BCUT2D eigenvalue weighted by Gasteiger charge is 2.25. The first kappa shape index (κ1) is 20.0. The Morgan fingerprint density at radius 3 is 2.85 bits per heavy atom. The van der Waals surface area contributed by atoms with Crippen LogP contribution in [0.1, 0.15) is 18.7 Å². The van der Waals surface area contributed by atoms with E-state index in [2.05, 4.69) is 41.2 Å². The molecule has 27 heavy (non-hydrogen) atoms. The number of carbonyl (C=O) groups excluding carboxylic acids is 1. The summed E-state index contributed by atoms with van der Waals surface area (Å²) >= 11 is 3.46. The zero-order chi connectivity index (χ0) is 19.2. The summed E-state index contributed by atoms with van der Waals surface area (Å²) in [6, 6.07) is 7.84. The second-order valence-corrected chi connectivity index (χ2v) is 8.08. The first-order valence-corrected chi connectivity index (χ1v) is 10.0. The fourth-order valence-electron chi connectivity index (χ4n) is 3.16. The standard InChI is InChI=1S/C19H26BrN5O2/c1-24(2)11-8-21-19(26)14-6-9-25(10-7-14)13-17-22-18(23-27-17)15-4-3-5-16(20)12-15/h3-5,12,14H,6-11,13H2,1-2H3,(H,21,26). The van der Waals surface area contributed by atoms with Gasteiger partial charge in [-0.15, -0.1) is 0 Å². The number of aromatic nitrogens is 2. The van der Waals surface area contributed by atoms with Crippen LogP contribution in [-0.2, 0) is 11.3 Å². The van der Waals surface area contributed by atoms with E-state index in [1.54, 1.807) is 0 Å². The van der Waals surface area contributed by atoms with Crippen LogP contribution in [0, 0.1) is 5.92 Å². The lowest BCUT2D eigenvalue weighted by molar-refractivity contribution is -0.126. The van der Waals surface area contributed by atoms with E-state index in [1.165, 1.54) is 0 Å². The predicted octanol–water partition coefficient (Wildman–Crippen LogP) is 2.39. The lowest BCUT2D eigenvalue weighted by Gasteiger charge is -2.30. The molecule has 0 radical (unpaired) electrons. The van der Waals surface area contributed by atoms with Crippen LogP contribution in [0.25, 0.3) is 11.4 Å².